The van der Waals surface area contributed by atoms with Gasteiger partial charge in [0.05, 0.1) is 27.7 Å². The lowest BCUT2D eigenvalue weighted by Crippen LogP contribution is -2.34. The number of carbonyl (C=O) groups excluding carboxylic acids is 1. The lowest BCUT2D eigenvalue weighted by Gasteiger charge is -2.21. The first-order chi connectivity index (χ1) is 4.83. The maximum absolute atomic E-state index is 10.6. The van der Waals surface area contributed by atoms with Crippen molar-refractivity contribution in [2.24, 2.45) is 0 Å². The van der Waals surface area contributed by atoms with Gasteiger partial charge in [0.2, 0.25) is 5.24 Å². The number of rotatable bonds is 3. The van der Waals surface area contributed by atoms with Crippen molar-refractivity contribution >= 4 is 16.8 Å². The molecule has 0 aliphatic heterocycles. The lowest BCUT2D eigenvalue weighted by atomic mass is 10.3. The minimum Gasteiger partial charge on any atom is -0.328 e. The van der Waals surface area contributed by atoms with Crippen LogP contribution in [0.4, 0.5) is 0 Å². The zero-order valence-electron chi connectivity index (χ0n) is 7.52. The average molecular weight is 177 g/mol. The van der Waals surface area contributed by atoms with Crippen LogP contribution in [-0.2, 0) is 4.79 Å². The first-order valence-electron chi connectivity index (χ1n) is 3.50. The molecule has 11 heavy (non-hydrogen) atoms. The Bertz CT molecular complexity index is 179. The Morgan fingerprint density at radius 2 is 1.91 bits per heavy atom. The molecule has 0 spiro atoms. The zero-order valence-corrected chi connectivity index (χ0v) is 8.27. The van der Waals surface area contributed by atoms with E-state index in [0.29, 0.717) is 5.57 Å². The number of nitrogens with zero attached hydrogens (tertiary/aromatic N) is 1. The van der Waals surface area contributed by atoms with E-state index in [4.69, 9.17) is 11.6 Å². The van der Waals surface area contributed by atoms with Gasteiger partial charge in [0.25, 0.3) is 0 Å². The fraction of sp³-hybridized carbons (Fsp3) is 0.625. The topological polar surface area (TPSA) is 17.1 Å². The number of likely N-dealkylation sites (N-methyl/N-ethyl adjacent to an activating group) is 1. The summed E-state index contributed by atoms with van der Waals surface area (Å²) >= 11 is 5.24. The van der Waals surface area contributed by atoms with E-state index in [-0.39, 0.29) is 5.24 Å². The summed E-state index contributed by atoms with van der Waals surface area (Å²) in [6, 6.07) is 0. The van der Waals surface area contributed by atoms with Crippen LogP contribution < -0.4 is 0 Å². The molecule has 0 unspecified atom stereocenters. The van der Waals surface area contributed by atoms with Crippen LogP contribution in [-0.4, -0.2) is 37.4 Å². The number of halogens is 1. The summed E-state index contributed by atoms with van der Waals surface area (Å²) in [5.41, 5.74) is 0.625. The molecule has 3 heteroatoms. The van der Waals surface area contributed by atoms with Gasteiger partial charge in [-0.15, -0.1) is 0 Å². The quantitative estimate of drug-likeness (QED) is 0.361. The third kappa shape index (κ3) is 6.07. The van der Waals surface area contributed by atoms with Gasteiger partial charge in [0.1, 0.15) is 0 Å². The molecule has 0 aromatic carbocycles. The Balaban J connectivity index is 4.04. The molecule has 0 saturated heterocycles. The summed E-state index contributed by atoms with van der Waals surface area (Å²) < 4.78 is 0.807. The fourth-order valence-electron chi connectivity index (χ4n) is 0.491. The highest BCUT2D eigenvalue weighted by Crippen LogP contribution is 2.00. The van der Waals surface area contributed by atoms with Gasteiger partial charge >= 0.3 is 0 Å². The van der Waals surface area contributed by atoms with Crippen molar-refractivity contribution in [3.63, 3.8) is 0 Å². The van der Waals surface area contributed by atoms with Crippen LogP contribution in [0.5, 0.6) is 0 Å². The predicted molar refractivity (Wildman–Crippen MR) is 47.5 cm³/mol. The van der Waals surface area contributed by atoms with E-state index in [1.807, 2.05) is 6.08 Å². The number of quaternary nitrogens is 1. The summed E-state index contributed by atoms with van der Waals surface area (Å²) in [6.45, 7) is 2.55. The summed E-state index contributed by atoms with van der Waals surface area (Å²) in [5, 5.41) is -0.363. The number of carbonyl (C=O) groups is 1. The molecule has 0 rings (SSSR count). The van der Waals surface area contributed by atoms with E-state index < -0.39 is 0 Å². The second-order valence-electron chi connectivity index (χ2n) is 3.63. The number of hydrogen-bond donors (Lipinski definition) is 0. The first-order valence-corrected chi connectivity index (χ1v) is 3.88. The monoisotopic (exact) mass is 176 g/mol. The highest BCUT2D eigenvalue weighted by molar-refractivity contribution is 6.67. The molecular weight excluding hydrogens is 162 g/mol. The second kappa shape index (κ2) is 3.88. The fourth-order valence-corrected chi connectivity index (χ4v) is 0.568. The van der Waals surface area contributed by atoms with Crippen molar-refractivity contribution < 1.29 is 9.28 Å². The van der Waals surface area contributed by atoms with E-state index in [1.165, 1.54) is 0 Å². The zero-order chi connectivity index (χ0) is 9.07. The highest BCUT2D eigenvalue weighted by Gasteiger charge is 2.05. The summed E-state index contributed by atoms with van der Waals surface area (Å²) in [5.74, 6) is 0. The summed E-state index contributed by atoms with van der Waals surface area (Å²) in [7, 11) is 6.17. The Hall–Kier alpha value is -0.340. The van der Waals surface area contributed by atoms with Crippen molar-refractivity contribution in [3.05, 3.63) is 11.6 Å². The Morgan fingerprint density at radius 1 is 1.45 bits per heavy atom. The molecule has 0 aliphatic carbocycles. The van der Waals surface area contributed by atoms with Crippen molar-refractivity contribution in [2.75, 3.05) is 27.7 Å². The maximum atomic E-state index is 10.6. The first kappa shape index (κ1) is 10.7. The Labute approximate surface area is 73.0 Å². The van der Waals surface area contributed by atoms with E-state index in [0.717, 1.165) is 11.0 Å². The molecule has 64 valence electrons. The molecule has 0 saturated carbocycles. The van der Waals surface area contributed by atoms with Crippen LogP contribution in [0.2, 0.25) is 0 Å². The number of allylic oxidation sites excluding steroid dienone is 1. The normalized spacial score (nSPS) is 13.4. The summed E-state index contributed by atoms with van der Waals surface area (Å²) in [6.07, 6.45) is 1.86. The largest absolute Gasteiger partial charge is 0.328 e. The molecule has 0 fully saturated rings. The molecule has 0 aromatic rings. The molecule has 0 aliphatic rings. The standard InChI is InChI=1S/C8H15ClNO/c1-7(8(9)11)5-6-10(2,3)4/h5H,6H2,1-4H3/q+1. The minimum absolute atomic E-state index is 0.363. The second-order valence-corrected chi connectivity index (χ2v) is 3.98. The van der Waals surface area contributed by atoms with Gasteiger partial charge in [-0.3, -0.25) is 4.79 Å². The third-order valence-corrected chi connectivity index (χ3v) is 1.55. The van der Waals surface area contributed by atoms with Gasteiger partial charge in [-0.05, 0) is 24.6 Å². The van der Waals surface area contributed by atoms with E-state index in [1.54, 1.807) is 6.92 Å². The van der Waals surface area contributed by atoms with Crippen molar-refractivity contribution in [1.29, 1.82) is 0 Å². The third-order valence-electron chi connectivity index (χ3n) is 1.26. The van der Waals surface area contributed by atoms with Gasteiger partial charge in [-0.2, -0.15) is 0 Å². The van der Waals surface area contributed by atoms with E-state index >= 15 is 0 Å². The predicted octanol–water partition coefficient (Wildman–Crippen LogP) is 1.40. The van der Waals surface area contributed by atoms with E-state index in [9.17, 15) is 4.79 Å². The van der Waals surface area contributed by atoms with Crippen molar-refractivity contribution in [1.82, 2.24) is 0 Å². The van der Waals surface area contributed by atoms with E-state index in [2.05, 4.69) is 21.1 Å². The van der Waals surface area contributed by atoms with Crippen LogP contribution in [0.25, 0.3) is 0 Å². The lowest BCUT2D eigenvalue weighted by molar-refractivity contribution is -0.864. The maximum Gasteiger partial charge on any atom is 0.247 e. The molecule has 0 aromatic heterocycles. The van der Waals surface area contributed by atoms with Gasteiger partial charge in [0, 0.05) is 5.57 Å². The summed E-state index contributed by atoms with van der Waals surface area (Å²) in [4.78, 5) is 10.6. The smallest absolute Gasteiger partial charge is 0.247 e. The molecule has 2 nitrogen and oxygen atoms in total. The average Bonchev–Trinajstić information content (AvgIpc) is 1.80. The molecule has 0 N–H and O–H groups in total. The molecule has 0 bridgehead atoms. The van der Waals surface area contributed by atoms with Gasteiger partial charge in [-0.25, -0.2) is 0 Å². The number of hydrogen-bond acceptors (Lipinski definition) is 1. The SMILES string of the molecule is CC(=CC[N+](C)(C)C)C(=O)Cl. The Morgan fingerprint density at radius 3 is 2.18 bits per heavy atom. The van der Waals surface area contributed by atoms with Crippen LogP contribution in [0.15, 0.2) is 11.6 Å². The van der Waals surface area contributed by atoms with Gasteiger partial charge in [0.15, 0.2) is 0 Å². The van der Waals surface area contributed by atoms with Crippen molar-refractivity contribution in [2.45, 2.75) is 6.92 Å². The molecule has 0 heterocycles. The molecular formula is C8H15ClNO+. The molecule has 0 atom stereocenters. The van der Waals surface area contributed by atoms with Crippen LogP contribution in [0.1, 0.15) is 6.92 Å². The Kier molecular flexibility index (Phi) is 3.76. The van der Waals surface area contributed by atoms with Gasteiger partial charge in [-0.1, -0.05) is 0 Å². The van der Waals surface area contributed by atoms with Crippen LogP contribution in [0.3, 0.4) is 0 Å². The van der Waals surface area contributed by atoms with Gasteiger partial charge < -0.3 is 4.48 Å². The van der Waals surface area contributed by atoms with Crippen molar-refractivity contribution in [3.8, 4) is 0 Å². The molecule has 0 radical (unpaired) electrons. The van der Waals surface area contributed by atoms with Crippen LogP contribution >= 0.6 is 11.6 Å². The minimum atomic E-state index is -0.363. The molecule has 0 amide bonds. The highest BCUT2D eigenvalue weighted by atomic mass is 35.5. The van der Waals surface area contributed by atoms with Crippen LogP contribution in [0, 0.1) is 0 Å².